The molecule has 3 amide bonds. The molecule has 0 aromatic heterocycles. The first kappa shape index (κ1) is 23.1. The molecule has 2 rings (SSSR count). The first-order valence-electron chi connectivity index (χ1n) is 9.77. The minimum atomic E-state index is -0.819. The third-order valence-electron chi connectivity index (χ3n) is 4.83. The zero-order chi connectivity index (χ0) is 22.4. The fourth-order valence-electron chi connectivity index (χ4n) is 3.06. The zero-order valence-corrected chi connectivity index (χ0v) is 18.0. The zero-order valence-electron chi connectivity index (χ0n) is 18.0. The lowest BCUT2D eigenvalue weighted by Gasteiger charge is -2.27. The standard InChI is InChI=1S/C23H28FN3O3/c1-14(2)20(26-22(29)17-9-11-18(24)12-10-17)23(30)27(5)13-19(28)25-21-15(3)7-6-8-16(21)4/h6-12,14,20H,13H2,1-5H3,(H,25,28)(H,26,29)/t20-/m0/s1. The monoisotopic (exact) mass is 413 g/mol. The van der Waals surface area contributed by atoms with E-state index in [4.69, 9.17) is 0 Å². The number of halogens is 1. The van der Waals surface area contributed by atoms with E-state index in [0.717, 1.165) is 16.8 Å². The van der Waals surface area contributed by atoms with Gasteiger partial charge in [0.2, 0.25) is 11.8 Å². The summed E-state index contributed by atoms with van der Waals surface area (Å²) in [5, 5.41) is 5.54. The van der Waals surface area contributed by atoms with E-state index in [1.54, 1.807) is 13.8 Å². The van der Waals surface area contributed by atoms with Crippen molar-refractivity contribution in [3.63, 3.8) is 0 Å². The number of carbonyl (C=O) groups is 3. The van der Waals surface area contributed by atoms with Crippen LogP contribution in [0.15, 0.2) is 42.5 Å². The van der Waals surface area contributed by atoms with E-state index in [-0.39, 0.29) is 29.8 Å². The number of aryl methyl sites for hydroxylation is 2. The van der Waals surface area contributed by atoms with Gasteiger partial charge in [0.15, 0.2) is 0 Å². The van der Waals surface area contributed by atoms with Gasteiger partial charge in [-0.3, -0.25) is 14.4 Å². The number of amides is 3. The van der Waals surface area contributed by atoms with Crippen molar-refractivity contribution in [2.24, 2.45) is 5.92 Å². The van der Waals surface area contributed by atoms with Crippen LogP contribution in [0.1, 0.15) is 35.3 Å². The highest BCUT2D eigenvalue weighted by atomic mass is 19.1. The number of hydrogen-bond acceptors (Lipinski definition) is 3. The molecule has 30 heavy (non-hydrogen) atoms. The summed E-state index contributed by atoms with van der Waals surface area (Å²) in [6, 6.07) is 9.97. The Hall–Kier alpha value is -3.22. The third kappa shape index (κ3) is 5.89. The van der Waals surface area contributed by atoms with Crippen LogP contribution in [0.25, 0.3) is 0 Å². The van der Waals surface area contributed by atoms with Gasteiger partial charge < -0.3 is 15.5 Å². The molecule has 0 bridgehead atoms. The Morgan fingerprint density at radius 3 is 2.10 bits per heavy atom. The lowest BCUT2D eigenvalue weighted by atomic mass is 10.0. The van der Waals surface area contributed by atoms with Crippen LogP contribution in [0.5, 0.6) is 0 Å². The Balaban J connectivity index is 2.04. The van der Waals surface area contributed by atoms with Crippen LogP contribution in [0.3, 0.4) is 0 Å². The number of hydrogen-bond donors (Lipinski definition) is 2. The molecule has 6 nitrogen and oxygen atoms in total. The fraction of sp³-hybridized carbons (Fsp3) is 0.348. The van der Waals surface area contributed by atoms with Gasteiger partial charge in [-0.15, -0.1) is 0 Å². The van der Waals surface area contributed by atoms with Crippen molar-refractivity contribution in [2.75, 3.05) is 18.9 Å². The molecule has 2 aromatic carbocycles. The van der Waals surface area contributed by atoms with Crippen molar-refractivity contribution in [3.05, 3.63) is 65.0 Å². The minimum absolute atomic E-state index is 0.151. The van der Waals surface area contributed by atoms with Gasteiger partial charge in [0.05, 0.1) is 6.54 Å². The first-order chi connectivity index (χ1) is 14.1. The molecular weight excluding hydrogens is 385 g/mol. The van der Waals surface area contributed by atoms with Gasteiger partial charge in [0, 0.05) is 18.3 Å². The molecule has 0 fully saturated rings. The molecule has 0 unspecified atom stereocenters. The second-order valence-electron chi connectivity index (χ2n) is 7.71. The molecule has 160 valence electrons. The van der Waals surface area contributed by atoms with Gasteiger partial charge in [0.25, 0.3) is 5.91 Å². The van der Waals surface area contributed by atoms with Gasteiger partial charge >= 0.3 is 0 Å². The molecule has 2 aromatic rings. The molecule has 0 saturated carbocycles. The van der Waals surface area contributed by atoms with Gasteiger partial charge in [-0.25, -0.2) is 4.39 Å². The smallest absolute Gasteiger partial charge is 0.251 e. The first-order valence-corrected chi connectivity index (χ1v) is 9.77. The van der Waals surface area contributed by atoms with Crippen LogP contribution in [0, 0.1) is 25.6 Å². The Morgan fingerprint density at radius 1 is 1.00 bits per heavy atom. The summed E-state index contributed by atoms with van der Waals surface area (Å²) in [5.74, 6) is -1.83. The Labute approximate surface area is 176 Å². The van der Waals surface area contributed by atoms with E-state index >= 15 is 0 Å². The maximum atomic E-state index is 13.1. The van der Waals surface area contributed by atoms with Crippen molar-refractivity contribution >= 4 is 23.4 Å². The van der Waals surface area contributed by atoms with E-state index in [0.29, 0.717) is 0 Å². The lowest BCUT2D eigenvalue weighted by molar-refractivity contribution is -0.135. The molecule has 0 saturated heterocycles. The topological polar surface area (TPSA) is 78.5 Å². The van der Waals surface area contributed by atoms with Gasteiger partial charge in [0.1, 0.15) is 11.9 Å². The average Bonchev–Trinajstić information content (AvgIpc) is 2.68. The van der Waals surface area contributed by atoms with E-state index in [1.807, 2.05) is 32.0 Å². The van der Waals surface area contributed by atoms with Crippen LogP contribution in [0.2, 0.25) is 0 Å². The predicted molar refractivity (Wildman–Crippen MR) is 115 cm³/mol. The quantitative estimate of drug-likeness (QED) is 0.731. The van der Waals surface area contributed by atoms with Crippen LogP contribution >= 0.6 is 0 Å². The summed E-state index contributed by atoms with van der Waals surface area (Å²) >= 11 is 0. The molecule has 7 heteroatoms. The SMILES string of the molecule is Cc1cccc(C)c1NC(=O)CN(C)C(=O)[C@@H](NC(=O)c1ccc(F)cc1)C(C)C. The van der Waals surface area contributed by atoms with Crippen LogP contribution in [-0.4, -0.2) is 42.3 Å². The summed E-state index contributed by atoms with van der Waals surface area (Å²) in [6.07, 6.45) is 0. The number of rotatable bonds is 7. The minimum Gasteiger partial charge on any atom is -0.340 e. The highest BCUT2D eigenvalue weighted by Crippen LogP contribution is 2.19. The molecular formula is C23H28FN3O3. The molecule has 1 atom stereocenters. The summed E-state index contributed by atoms with van der Waals surface area (Å²) in [6.45, 7) is 7.26. The van der Waals surface area contributed by atoms with E-state index in [9.17, 15) is 18.8 Å². The Kier molecular flexibility index (Phi) is 7.69. The Bertz CT molecular complexity index is 906. The van der Waals surface area contributed by atoms with Gasteiger partial charge in [-0.2, -0.15) is 0 Å². The average molecular weight is 413 g/mol. The van der Waals surface area contributed by atoms with Crippen molar-refractivity contribution in [3.8, 4) is 0 Å². The number of benzene rings is 2. The van der Waals surface area contributed by atoms with Crippen LogP contribution in [0.4, 0.5) is 10.1 Å². The van der Waals surface area contributed by atoms with Crippen molar-refractivity contribution in [2.45, 2.75) is 33.7 Å². The second-order valence-corrected chi connectivity index (χ2v) is 7.71. The maximum absolute atomic E-state index is 13.1. The number of para-hydroxylation sites is 1. The lowest BCUT2D eigenvalue weighted by Crippen LogP contribution is -2.51. The molecule has 0 aliphatic rings. The third-order valence-corrected chi connectivity index (χ3v) is 4.83. The van der Waals surface area contributed by atoms with E-state index < -0.39 is 17.8 Å². The van der Waals surface area contributed by atoms with E-state index in [1.165, 1.54) is 36.2 Å². The maximum Gasteiger partial charge on any atom is 0.251 e. The fourth-order valence-corrected chi connectivity index (χ4v) is 3.06. The molecule has 0 radical (unpaired) electrons. The molecule has 2 N–H and O–H groups in total. The number of nitrogens with one attached hydrogen (secondary N) is 2. The van der Waals surface area contributed by atoms with Gasteiger partial charge in [-0.1, -0.05) is 32.0 Å². The van der Waals surface area contributed by atoms with Crippen LogP contribution in [-0.2, 0) is 9.59 Å². The van der Waals surface area contributed by atoms with Crippen LogP contribution < -0.4 is 10.6 Å². The van der Waals surface area contributed by atoms with Crippen molar-refractivity contribution in [1.29, 1.82) is 0 Å². The highest BCUT2D eigenvalue weighted by Gasteiger charge is 2.28. The predicted octanol–water partition coefficient (Wildman–Crippen LogP) is 3.29. The molecule has 0 spiro atoms. The largest absolute Gasteiger partial charge is 0.340 e. The number of anilines is 1. The second kappa shape index (κ2) is 10.0. The normalized spacial score (nSPS) is 11.7. The highest BCUT2D eigenvalue weighted by molar-refractivity contribution is 5.99. The number of nitrogens with zero attached hydrogens (tertiary/aromatic N) is 1. The molecule has 0 aliphatic heterocycles. The summed E-state index contributed by atoms with van der Waals surface area (Å²) in [4.78, 5) is 39.1. The van der Waals surface area contributed by atoms with E-state index in [2.05, 4.69) is 10.6 Å². The van der Waals surface area contributed by atoms with Gasteiger partial charge in [-0.05, 0) is 55.2 Å². The van der Waals surface area contributed by atoms with Crippen molar-refractivity contribution < 1.29 is 18.8 Å². The molecule has 0 aliphatic carbocycles. The molecule has 0 heterocycles. The number of likely N-dealkylation sites (N-methyl/N-ethyl adjacent to an activating group) is 1. The summed E-state index contributed by atoms with van der Waals surface area (Å²) in [7, 11) is 1.52. The Morgan fingerprint density at radius 2 is 1.57 bits per heavy atom. The summed E-state index contributed by atoms with van der Waals surface area (Å²) < 4.78 is 13.1. The number of carbonyl (C=O) groups excluding carboxylic acids is 3. The van der Waals surface area contributed by atoms with Crippen molar-refractivity contribution in [1.82, 2.24) is 10.2 Å². The summed E-state index contributed by atoms with van der Waals surface area (Å²) in [5.41, 5.74) is 2.85.